The topological polar surface area (TPSA) is 35.5 Å². The van der Waals surface area contributed by atoms with Gasteiger partial charge in [0.1, 0.15) is 12.1 Å². The summed E-state index contributed by atoms with van der Waals surface area (Å²) in [6.07, 6.45) is 1.52. The second kappa shape index (κ2) is 5.33. The van der Waals surface area contributed by atoms with Crippen molar-refractivity contribution in [2.75, 3.05) is 13.2 Å². The summed E-state index contributed by atoms with van der Waals surface area (Å²) in [6.45, 7) is 1.19. The fraction of sp³-hybridized carbons (Fsp3) is 0.188. The molecule has 0 fully saturated rings. The Hall–Kier alpha value is -2.36. The number of fused-ring (bicyclic) bond motifs is 1. The van der Waals surface area contributed by atoms with Gasteiger partial charge in [-0.25, -0.2) is 4.39 Å². The molecule has 0 spiro atoms. The number of rotatable bonds is 2. The monoisotopic (exact) mass is 272 g/mol. The number of hydrogen-bond donors (Lipinski definition) is 0. The molecule has 2 aromatic carbocycles. The van der Waals surface area contributed by atoms with E-state index in [9.17, 15) is 9.18 Å². The Morgan fingerprint density at radius 1 is 1.00 bits per heavy atom. The molecule has 0 aliphatic carbocycles. The highest BCUT2D eigenvalue weighted by Gasteiger charge is 2.13. The molecule has 1 heterocycles. The van der Waals surface area contributed by atoms with Crippen LogP contribution < -0.4 is 9.47 Å². The molecule has 2 aromatic rings. The molecule has 1 aliphatic rings. The number of aldehydes is 1. The van der Waals surface area contributed by atoms with Crippen LogP contribution in [0.2, 0.25) is 0 Å². The first-order valence-electron chi connectivity index (χ1n) is 6.43. The number of halogens is 1. The lowest BCUT2D eigenvalue weighted by Crippen LogP contribution is -1.97. The van der Waals surface area contributed by atoms with E-state index < -0.39 is 0 Å². The lowest BCUT2D eigenvalue weighted by molar-refractivity contribution is 0.112. The molecule has 20 heavy (non-hydrogen) atoms. The molecule has 3 nitrogen and oxygen atoms in total. The molecule has 0 aromatic heterocycles. The van der Waals surface area contributed by atoms with E-state index in [1.165, 1.54) is 18.2 Å². The molecule has 0 saturated heterocycles. The largest absolute Gasteiger partial charge is 0.490 e. The van der Waals surface area contributed by atoms with E-state index in [0.717, 1.165) is 6.42 Å². The zero-order valence-corrected chi connectivity index (χ0v) is 10.8. The molecule has 4 heteroatoms. The van der Waals surface area contributed by atoms with Crippen LogP contribution in [0.4, 0.5) is 4.39 Å². The second-order valence-corrected chi connectivity index (χ2v) is 4.57. The van der Waals surface area contributed by atoms with Crippen LogP contribution in [-0.2, 0) is 0 Å². The van der Waals surface area contributed by atoms with Crippen LogP contribution in [0.25, 0.3) is 11.1 Å². The van der Waals surface area contributed by atoms with Gasteiger partial charge in [-0.15, -0.1) is 0 Å². The molecule has 0 radical (unpaired) electrons. The van der Waals surface area contributed by atoms with Gasteiger partial charge in [0.05, 0.1) is 13.2 Å². The molecular weight excluding hydrogens is 259 g/mol. The van der Waals surface area contributed by atoms with E-state index in [1.807, 2.05) is 0 Å². The van der Waals surface area contributed by atoms with Crippen LogP contribution in [0.5, 0.6) is 11.5 Å². The van der Waals surface area contributed by atoms with Gasteiger partial charge in [-0.1, -0.05) is 6.07 Å². The van der Waals surface area contributed by atoms with Crippen molar-refractivity contribution in [1.29, 1.82) is 0 Å². The van der Waals surface area contributed by atoms with Crippen molar-refractivity contribution in [3.8, 4) is 22.6 Å². The van der Waals surface area contributed by atoms with E-state index >= 15 is 0 Å². The van der Waals surface area contributed by atoms with Crippen molar-refractivity contribution < 1.29 is 18.7 Å². The number of ether oxygens (including phenoxy) is 2. The van der Waals surface area contributed by atoms with Crippen LogP contribution in [0, 0.1) is 5.82 Å². The average molecular weight is 272 g/mol. The van der Waals surface area contributed by atoms with Crippen molar-refractivity contribution in [3.05, 3.63) is 47.8 Å². The van der Waals surface area contributed by atoms with Gasteiger partial charge >= 0.3 is 0 Å². The first-order valence-corrected chi connectivity index (χ1v) is 6.43. The highest BCUT2D eigenvalue weighted by atomic mass is 19.1. The smallest absolute Gasteiger partial charge is 0.161 e. The van der Waals surface area contributed by atoms with E-state index in [1.54, 1.807) is 18.2 Å². The Labute approximate surface area is 115 Å². The van der Waals surface area contributed by atoms with Crippen molar-refractivity contribution in [3.63, 3.8) is 0 Å². The predicted octanol–water partition coefficient (Wildman–Crippen LogP) is 3.47. The summed E-state index contributed by atoms with van der Waals surface area (Å²) in [5, 5.41) is 0. The maximum Gasteiger partial charge on any atom is 0.161 e. The fourth-order valence-corrected chi connectivity index (χ4v) is 2.17. The number of hydrogen-bond acceptors (Lipinski definition) is 3. The maximum atomic E-state index is 13.9. The summed E-state index contributed by atoms with van der Waals surface area (Å²) < 4.78 is 25.0. The van der Waals surface area contributed by atoms with Crippen LogP contribution in [-0.4, -0.2) is 19.5 Å². The van der Waals surface area contributed by atoms with E-state index in [0.29, 0.717) is 47.7 Å². The molecule has 0 amide bonds. The van der Waals surface area contributed by atoms with Crippen LogP contribution in [0.15, 0.2) is 36.4 Å². The summed E-state index contributed by atoms with van der Waals surface area (Å²) in [6, 6.07) is 9.55. The van der Waals surface area contributed by atoms with E-state index in [-0.39, 0.29) is 5.82 Å². The van der Waals surface area contributed by atoms with Gasteiger partial charge in [0.2, 0.25) is 0 Å². The maximum absolute atomic E-state index is 13.9. The van der Waals surface area contributed by atoms with Crippen LogP contribution in [0.3, 0.4) is 0 Å². The number of benzene rings is 2. The number of carbonyl (C=O) groups excluding carboxylic acids is 1. The molecule has 0 atom stereocenters. The normalized spacial score (nSPS) is 13.7. The van der Waals surface area contributed by atoms with Crippen LogP contribution >= 0.6 is 0 Å². The summed E-state index contributed by atoms with van der Waals surface area (Å²) >= 11 is 0. The van der Waals surface area contributed by atoms with Crippen molar-refractivity contribution >= 4 is 6.29 Å². The van der Waals surface area contributed by atoms with E-state index in [4.69, 9.17) is 9.47 Å². The third-order valence-electron chi connectivity index (χ3n) is 3.19. The van der Waals surface area contributed by atoms with Gasteiger partial charge in [0, 0.05) is 17.5 Å². The standard InChI is InChI=1S/C16H13FO3/c17-14-4-2-11(10-18)8-13(14)12-3-5-15-16(9-12)20-7-1-6-19-15/h2-5,8-10H,1,6-7H2. The second-order valence-electron chi connectivity index (χ2n) is 4.57. The molecule has 102 valence electrons. The Morgan fingerprint density at radius 3 is 2.60 bits per heavy atom. The molecule has 1 aliphatic heterocycles. The van der Waals surface area contributed by atoms with Crippen molar-refractivity contribution in [2.45, 2.75) is 6.42 Å². The SMILES string of the molecule is O=Cc1ccc(F)c(-c2ccc3c(c2)OCCCO3)c1. The Balaban J connectivity index is 2.06. The predicted molar refractivity (Wildman–Crippen MR) is 72.8 cm³/mol. The fourth-order valence-electron chi connectivity index (χ4n) is 2.17. The molecule has 0 saturated carbocycles. The van der Waals surface area contributed by atoms with Gasteiger partial charge in [0.15, 0.2) is 11.5 Å². The van der Waals surface area contributed by atoms with Crippen LogP contribution in [0.1, 0.15) is 16.8 Å². The summed E-state index contributed by atoms with van der Waals surface area (Å²) in [5.41, 5.74) is 1.48. The molecular formula is C16H13FO3. The molecule has 3 rings (SSSR count). The minimum atomic E-state index is -0.370. The third-order valence-corrected chi connectivity index (χ3v) is 3.19. The Bertz CT molecular complexity index is 652. The zero-order valence-electron chi connectivity index (χ0n) is 10.8. The minimum absolute atomic E-state index is 0.370. The van der Waals surface area contributed by atoms with Gasteiger partial charge in [0.25, 0.3) is 0 Å². The third kappa shape index (κ3) is 2.37. The molecule has 0 bridgehead atoms. The average Bonchev–Trinajstić information content (AvgIpc) is 2.72. The van der Waals surface area contributed by atoms with Gasteiger partial charge < -0.3 is 9.47 Å². The van der Waals surface area contributed by atoms with Gasteiger partial charge in [-0.3, -0.25) is 4.79 Å². The van der Waals surface area contributed by atoms with Gasteiger partial charge in [-0.05, 0) is 35.9 Å². The van der Waals surface area contributed by atoms with Crippen molar-refractivity contribution in [1.82, 2.24) is 0 Å². The first kappa shape index (κ1) is 12.7. The van der Waals surface area contributed by atoms with Gasteiger partial charge in [-0.2, -0.15) is 0 Å². The molecule has 0 unspecified atom stereocenters. The first-order chi connectivity index (χ1) is 9.78. The van der Waals surface area contributed by atoms with Crippen molar-refractivity contribution in [2.24, 2.45) is 0 Å². The molecule has 0 N–H and O–H groups in total. The van der Waals surface area contributed by atoms with E-state index in [2.05, 4.69) is 0 Å². The lowest BCUT2D eigenvalue weighted by atomic mass is 10.0. The summed E-state index contributed by atoms with van der Waals surface area (Å²) in [4.78, 5) is 10.8. The number of carbonyl (C=O) groups is 1. The summed E-state index contributed by atoms with van der Waals surface area (Å²) in [5.74, 6) is 0.902. The minimum Gasteiger partial charge on any atom is -0.490 e. The summed E-state index contributed by atoms with van der Waals surface area (Å²) in [7, 11) is 0. The highest BCUT2D eigenvalue weighted by Crippen LogP contribution is 2.35. The lowest BCUT2D eigenvalue weighted by Gasteiger charge is -2.10. The zero-order chi connectivity index (χ0) is 13.9. The quantitative estimate of drug-likeness (QED) is 0.785. The Morgan fingerprint density at radius 2 is 1.80 bits per heavy atom. The Kier molecular flexibility index (Phi) is 3.37. The highest BCUT2D eigenvalue weighted by molar-refractivity contribution is 5.79.